The van der Waals surface area contributed by atoms with Gasteiger partial charge >= 0.3 is 0 Å². The van der Waals surface area contributed by atoms with Gasteiger partial charge < -0.3 is 15.0 Å². The van der Waals surface area contributed by atoms with Crippen LogP contribution in [0.25, 0.3) is 0 Å². The molecule has 0 aromatic rings. The van der Waals surface area contributed by atoms with Crippen molar-refractivity contribution in [1.82, 2.24) is 10.2 Å². The Labute approximate surface area is 82.4 Å². The first-order chi connectivity index (χ1) is 6.27. The molecule has 3 heteroatoms. The van der Waals surface area contributed by atoms with E-state index in [0.717, 1.165) is 26.1 Å². The van der Waals surface area contributed by atoms with Gasteiger partial charge in [-0.05, 0) is 53.0 Å². The number of ether oxygens (including phenoxy) is 1. The molecule has 3 nitrogen and oxygen atoms in total. The fourth-order valence-corrected chi connectivity index (χ4v) is 1.14. The molecule has 0 saturated carbocycles. The van der Waals surface area contributed by atoms with Gasteiger partial charge in [0.1, 0.15) is 0 Å². The van der Waals surface area contributed by atoms with Crippen LogP contribution in [-0.2, 0) is 4.74 Å². The van der Waals surface area contributed by atoms with Crippen molar-refractivity contribution in [2.24, 2.45) is 0 Å². The Bertz CT molecular complexity index is 96.9. The Kier molecular flexibility index (Phi) is 9.87. The van der Waals surface area contributed by atoms with Crippen LogP contribution >= 0.6 is 0 Å². The topological polar surface area (TPSA) is 24.5 Å². The monoisotopic (exact) mass is 188 g/mol. The first-order valence-corrected chi connectivity index (χ1v) is 5.11. The van der Waals surface area contributed by atoms with Crippen LogP contribution in [0.3, 0.4) is 0 Å². The number of methoxy groups -OCH3 is 1. The van der Waals surface area contributed by atoms with Crippen LogP contribution in [0.5, 0.6) is 0 Å². The fraction of sp³-hybridized carbons (Fsp3) is 1.00. The Morgan fingerprint density at radius 3 is 2.38 bits per heavy atom. The van der Waals surface area contributed by atoms with Crippen molar-refractivity contribution in [2.75, 3.05) is 47.4 Å². The number of unbranched alkanes of at least 4 members (excludes halogenated alkanes) is 1. The highest BCUT2D eigenvalue weighted by Gasteiger charge is 1.91. The maximum absolute atomic E-state index is 4.95. The van der Waals surface area contributed by atoms with Gasteiger partial charge in [0.2, 0.25) is 0 Å². The standard InChI is InChI=1S/C10H24N2O/c1-12(2)9-5-4-7-11-8-6-10-13-3/h11H,4-10H2,1-3H3. The van der Waals surface area contributed by atoms with E-state index in [4.69, 9.17) is 4.74 Å². The van der Waals surface area contributed by atoms with Crippen molar-refractivity contribution < 1.29 is 4.74 Å². The summed E-state index contributed by atoms with van der Waals surface area (Å²) in [6.45, 7) is 4.28. The Morgan fingerprint density at radius 1 is 1.08 bits per heavy atom. The van der Waals surface area contributed by atoms with Crippen LogP contribution in [0.4, 0.5) is 0 Å². The molecule has 0 spiro atoms. The van der Waals surface area contributed by atoms with Crippen molar-refractivity contribution in [3.63, 3.8) is 0 Å². The number of rotatable bonds is 9. The average molecular weight is 188 g/mol. The van der Waals surface area contributed by atoms with E-state index in [9.17, 15) is 0 Å². The molecule has 1 N–H and O–H groups in total. The van der Waals surface area contributed by atoms with E-state index < -0.39 is 0 Å². The third-order valence-corrected chi connectivity index (χ3v) is 1.91. The molecule has 0 aromatic heterocycles. The van der Waals surface area contributed by atoms with Crippen LogP contribution in [-0.4, -0.2) is 52.3 Å². The Morgan fingerprint density at radius 2 is 1.77 bits per heavy atom. The van der Waals surface area contributed by atoms with Crippen molar-refractivity contribution in [1.29, 1.82) is 0 Å². The van der Waals surface area contributed by atoms with Crippen LogP contribution < -0.4 is 5.32 Å². The molecule has 0 rings (SSSR count). The van der Waals surface area contributed by atoms with Crippen LogP contribution in [0.15, 0.2) is 0 Å². The molecule has 13 heavy (non-hydrogen) atoms. The Balaban J connectivity index is 2.84. The van der Waals surface area contributed by atoms with Crippen LogP contribution in [0.2, 0.25) is 0 Å². The van der Waals surface area contributed by atoms with Gasteiger partial charge in [-0.1, -0.05) is 0 Å². The van der Waals surface area contributed by atoms with Gasteiger partial charge in [0, 0.05) is 13.7 Å². The minimum Gasteiger partial charge on any atom is -0.385 e. The van der Waals surface area contributed by atoms with Gasteiger partial charge in [-0.3, -0.25) is 0 Å². The summed E-state index contributed by atoms with van der Waals surface area (Å²) in [6.07, 6.45) is 3.67. The minimum absolute atomic E-state index is 0.866. The van der Waals surface area contributed by atoms with Crippen molar-refractivity contribution in [3.8, 4) is 0 Å². The molecular weight excluding hydrogens is 164 g/mol. The predicted octanol–water partition coefficient (Wildman–Crippen LogP) is 0.954. The van der Waals surface area contributed by atoms with Gasteiger partial charge in [-0.25, -0.2) is 0 Å². The fourth-order valence-electron chi connectivity index (χ4n) is 1.14. The maximum atomic E-state index is 4.95. The molecule has 0 aliphatic carbocycles. The zero-order chi connectivity index (χ0) is 9.94. The van der Waals surface area contributed by atoms with Crippen molar-refractivity contribution in [3.05, 3.63) is 0 Å². The lowest BCUT2D eigenvalue weighted by molar-refractivity contribution is 0.194. The quantitative estimate of drug-likeness (QED) is 0.545. The van der Waals surface area contributed by atoms with E-state index in [1.165, 1.54) is 19.4 Å². The molecule has 0 aliphatic heterocycles. The number of hydrogen-bond donors (Lipinski definition) is 1. The van der Waals surface area contributed by atoms with Gasteiger partial charge in [0.05, 0.1) is 0 Å². The van der Waals surface area contributed by atoms with E-state index >= 15 is 0 Å². The van der Waals surface area contributed by atoms with Crippen molar-refractivity contribution in [2.45, 2.75) is 19.3 Å². The second-order valence-electron chi connectivity index (χ2n) is 3.61. The summed E-state index contributed by atoms with van der Waals surface area (Å²) in [5.74, 6) is 0. The molecule has 80 valence electrons. The summed E-state index contributed by atoms with van der Waals surface area (Å²) in [6, 6.07) is 0. The van der Waals surface area contributed by atoms with Gasteiger partial charge in [0.25, 0.3) is 0 Å². The molecule has 0 atom stereocenters. The summed E-state index contributed by atoms with van der Waals surface area (Å²) < 4.78 is 4.95. The maximum Gasteiger partial charge on any atom is 0.0474 e. The van der Waals surface area contributed by atoms with E-state index in [2.05, 4.69) is 24.3 Å². The lowest BCUT2D eigenvalue weighted by Crippen LogP contribution is -2.20. The summed E-state index contributed by atoms with van der Waals surface area (Å²) in [4.78, 5) is 2.23. The minimum atomic E-state index is 0.866. The Hall–Kier alpha value is -0.120. The predicted molar refractivity (Wildman–Crippen MR) is 57.2 cm³/mol. The van der Waals surface area contributed by atoms with Gasteiger partial charge in [0.15, 0.2) is 0 Å². The van der Waals surface area contributed by atoms with E-state index in [1.807, 2.05) is 0 Å². The molecule has 0 radical (unpaired) electrons. The van der Waals surface area contributed by atoms with Gasteiger partial charge in [-0.15, -0.1) is 0 Å². The highest BCUT2D eigenvalue weighted by Crippen LogP contribution is 1.88. The molecule has 0 heterocycles. The average Bonchev–Trinajstić information content (AvgIpc) is 2.09. The second-order valence-corrected chi connectivity index (χ2v) is 3.61. The molecule has 0 amide bonds. The molecule has 0 unspecified atom stereocenters. The number of hydrogen-bond acceptors (Lipinski definition) is 3. The van der Waals surface area contributed by atoms with Crippen molar-refractivity contribution >= 4 is 0 Å². The summed E-state index contributed by atoms with van der Waals surface area (Å²) in [5, 5.41) is 3.40. The summed E-state index contributed by atoms with van der Waals surface area (Å²) >= 11 is 0. The third-order valence-electron chi connectivity index (χ3n) is 1.91. The SMILES string of the molecule is COCCCNCCCCN(C)C. The van der Waals surface area contributed by atoms with Crippen LogP contribution in [0.1, 0.15) is 19.3 Å². The summed E-state index contributed by atoms with van der Waals surface area (Å²) in [7, 11) is 5.98. The van der Waals surface area contributed by atoms with Crippen LogP contribution in [0, 0.1) is 0 Å². The first kappa shape index (κ1) is 12.9. The largest absolute Gasteiger partial charge is 0.385 e. The molecule has 0 fully saturated rings. The highest BCUT2D eigenvalue weighted by molar-refractivity contribution is 4.50. The molecule has 0 saturated heterocycles. The number of nitrogens with one attached hydrogen (secondary N) is 1. The zero-order valence-electron chi connectivity index (χ0n) is 9.31. The van der Waals surface area contributed by atoms with E-state index in [-0.39, 0.29) is 0 Å². The third kappa shape index (κ3) is 11.9. The van der Waals surface area contributed by atoms with Gasteiger partial charge in [-0.2, -0.15) is 0 Å². The first-order valence-electron chi connectivity index (χ1n) is 5.11. The molecular formula is C10H24N2O. The smallest absolute Gasteiger partial charge is 0.0474 e. The highest BCUT2D eigenvalue weighted by atomic mass is 16.5. The second kappa shape index (κ2) is 9.96. The van der Waals surface area contributed by atoms with E-state index in [0.29, 0.717) is 0 Å². The lowest BCUT2D eigenvalue weighted by atomic mass is 10.3. The lowest BCUT2D eigenvalue weighted by Gasteiger charge is -2.09. The molecule has 0 aromatic carbocycles. The molecule has 0 aliphatic rings. The normalized spacial score (nSPS) is 11.1. The molecule has 0 bridgehead atoms. The van der Waals surface area contributed by atoms with E-state index in [1.54, 1.807) is 7.11 Å². The summed E-state index contributed by atoms with van der Waals surface area (Å²) in [5.41, 5.74) is 0. The number of nitrogens with zero attached hydrogens (tertiary/aromatic N) is 1. The zero-order valence-corrected chi connectivity index (χ0v) is 9.31.